The molecular formula is C27H34Cl3N3O4S. The maximum Gasteiger partial charge on any atom is 0.242 e. The van der Waals surface area contributed by atoms with Gasteiger partial charge in [0.2, 0.25) is 21.8 Å². The predicted molar refractivity (Wildman–Crippen MR) is 154 cm³/mol. The molecule has 2 aromatic rings. The molecule has 11 heteroatoms. The number of hydrogen-bond donors (Lipinski definition) is 1. The lowest BCUT2D eigenvalue weighted by Crippen LogP contribution is -2.49. The van der Waals surface area contributed by atoms with Crippen molar-refractivity contribution < 1.29 is 18.0 Å². The maximum atomic E-state index is 13.5. The molecule has 0 aliphatic heterocycles. The number of aryl methyl sites for hydroxylation is 1. The fourth-order valence-corrected chi connectivity index (χ4v) is 6.36. The van der Waals surface area contributed by atoms with Gasteiger partial charge in [0.15, 0.2) is 0 Å². The van der Waals surface area contributed by atoms with Crippen molar-refractivity contribution in [1.29, 1.82) is 0 Å². The molecule has 1 aliphatic rings. The van der Waals surface area contributed by atoms with Gasteiger partial charge in [0.05, 0.1) is 11.9 Å². The molecule has 208 valence electrons. The summed E-state index contributed by atoms with van der Waals surface area (Å²) in [6.45, 7) is 3.62. The minimum Gasteiger partial charge on any atom is -0.352 e. The first-order valence-corrected chi connectivity index (χ1v) is 15.6. The number of carbonyl (C=O) groups excluding carboxylic acids is 2. The zero-order valence-electron chi connectivity index (χ0n) is 21.8. The van der Waals surface area contributed by atoms with Crippen LogP contribution in [0.4, 0.5) is 5.69 Å². The van der Waals surface area contributed by atoms with E-state index in [1.807, 2.05) is 0 Å². The highest BCUT2D eigenvalue weighted by Gasteiger charge is 2.30. The Hall–Kier alpha value is -2.00. The summed E-state index contributed by atoms with van der Waals surface area (Å²) in [5, 5.41) is 4.28. The van der Waals surface area contributed by atoms with Crippen LogP contribution >= 0.6 is 34.8 Å². The van der Waals surface area contributed by atoms with Gasteiger partial charge in [-0.3, -0.25) is 13.9 Å². The van der Waals surface area contributed by atoms with Crippen LogP contribution in [0.15, 0.2) is 36.4 Å². The second-order valence-corrected chi connectivity index (χ2v) is 12.9. The Bertz CT molecular complexity index is 1250. The van der Waals surface area contributed by atoms with Gasteiger partial charge in [-0.25, -0.2) is 8.42 Å². The normalized spacial score (nSPS) is 14.8. The Labute approximate surface area is 240 Å². The standard InChI is InChI=1S/C27H34Cl3N3O4S/c1-18-13-14-20(28)16-25(18)33(38(3,36)37)15-7-12-26(34)32(17-22-23(29)10-6-11-24(22)30)19(2)27(35)31-21-8-4-5-9-21/h6,10-11,13-14,16,19,21H,4-5,7-9,12,15,17H2,1-3H3,(H,31,35)/t19-/m0/s1. The molecule has 2 amide bonds. The van der Waals surface area contributed by atoms with Crippen LogP contribution in [-0.4, -0.2) is 50.0 Å². The Morgan fingerprint density at radius 2 is 1.71 bits per heavy atom. The summed E-state index contributed by atoms with van der Waals surface area (Å²) in [5.74, 6) is -0.535. The number of nitrogens with one attached hydrogen (secondary N) is 1. The number of anilines is 1. The number of nitrogens with zero attached hydrogens (tertiary/aromatic N) is 2. The molecule has 1 N–H and O–H groups in total. The second kappa shape index (κ2) is 13.4. The van der Waals surface area contributed by atoms with Crippen LogP contribution in [0.3, 0.4) is 0 Å². The van der Waals surface area contributed by atoms with Crippen molar-refractivity contribution in [2.75, 3.05) is 17.1 Å². The van der Waals surface area contributed by atoms with Gasteiger partial charge in [-0.05, 0) is 62.9 Å². The molecule has 1 fully saturated rings. The summed E-state index contributed by atoms with van der Waals surface area (Å²) >= 11 is 18.9. The van der Waals surface area contributed by atoms with Gasteiger partial charge in [0.1, 0.15) is 6.04 Å². The summed E-state index contributed by atoms with van der Waals surface area (Å²) in [5.41, 5.74) is 1.77. The molecule has 2 aromatic carbocycles. The van der Waals surface area contributed by atoms with Crippen molar-refractivity contribution in [2.24, 2.45) is 0 Å². The number of sulfonamides is 1. The second-order valence-electron chi connectivity index (χ2n) is 9.76. The van der Waals surface area contributed by atoms with Gasteiger partial charge < -0.3 is 10.2 Å². The van der Waals surface area contributed by atoms with Crippen molar-refractivity contribution in [1.82, 2.24) is 10.2 Å². The average Bonchev–Trinajstić information content (AvgIpc) is 3.35. The lowest BCUT2D eigenvalue weighted by Gasteiger charge is -2.31. The molecule has 0 spiro atoms. The summed E-state index contributed by atoms with van der Waals surface area (Å²) in [6.07, 6.45) is 5.37. The highest BCUT2D eigenvalue weighted by Crippen LogP contribution is 2.29. The Kier molecular flexibility index (Phi) is 10.7. The minimum absolute atomic E-state index is 0.0226. The number of hydrogen-bond acceptors (Lipinski definition) is 4. The van der Waals surface area contributed by atoms with E-state index >= 15 is 0 Å². The van der Waals surface area contributed by atoms with E-state index in [1.54, 1.807) is 50.2 Å². The van der Waals surface area contributed by atoms with E-state index in [1.165, 1.54) is 9.21 Å². The van der Waals surface area contributed by atoms with Gasteiger partial charge in [-0.1, -0.05) is 59.8 Å². The smallest absolute Gasteiger partial charge is 0.242 e. The molecule has 0 bridgehead atoms. The van der Waals surface area contributed by atoms with Gasteiger partial charge in [0.25, 0.3) is 0 Å². The minimum atomic E-state index is -3.63. The molecule has 38 heavy (non-hydrogen) atoms. The van der Waals surface area contributed by atoms with Crippen LogP contribution in [0.25, 0.3) is 0 Å². The molecule has 1 saturated carbocycles. The van der Waals surface area contributed by atoms with Gasteiger partial charge in [0, 0.05) is 46.2 Å². The molecule has 0 radical (unpaired) electrons. The Balaban J connectivity index is 1.78. The fourth-order valence-electron chi connectivity index (χ4n) is 4.66. The molecule has 0 aromatic heterocycles. The van der Waals surface area contributed by atoms with Crippen molar-refractivity contribution in [2.45, 2.75) is 71.0 Å². The lowest BCUT2D eigenvalue weighted by molar-refractivity contribution is -0.140. The van der Waals surface area contributed by atoms with Crippen molar-refractivity contribution in [3.05, 3.63) is 62.6 Å². The summed E-state index contributed by atoms with van der Waals surface area (Å²) in [4.78, 5) is 28.1. The third-order valence-electron chi connectivity index (χ3n) is 6.85. The Morgan fingerprint density at radius 1 is 1.08 bits per heavy atom. The zero-order chi connectivity index (χ0) is 28.0. The number of amides is 2. The van der Waals surface area contributed by atoms with Crippen LogP contribution in [0, 0.1) is 6.92 Å². The molecule has 7 nitrogen and oxygen atoms in total. The van der Waals surface area contributed by atoms with E-state index in [9.17, 15) is 18.0 Å². The first-order valence-electron chi connectivity index (χ1n) is 12.6. The number of halogens is 3. The Morgan fingerprint density at radius 3 is 2.32 bits per heavy atom. The SMILES string of the molecule is Cc1ccc(Cl)cc1N(CCCC(=O)N(Cc1c(Cl)cccc1Cl)[C@@H](C)C(=O)NC1CCCC1)S(C)(=O)=O. The van der Waals surface area contributed by atoms with Crippen molar-refractivity contribution in [3.8, 4) is 0 Å². The summed E-state index contributed by atoms with van der Waals surface area (Å²) < 4.78 is 26.4. The van der Waals surface area contributed by atoms with E-state index in [-0.39, 0.29) is 43.8 Å². The number of rotatable bonds is 11. The largest absolute Gasteiger partial charge is 0.352 e. The molecular weight excluding hydrogens is 569 g/mol. The fraction of sp³-hybridized carbons (Fsp3) is 0.481. The predicted octanol–water partition coefficient (Wildman–Crippen LogP) is 5.98. The first-order chi connectivity index (χ1) is 17.9. The molecule has 0 saturated heterocycles. The average molecular weight is 603 g/mol. The highest BCUT2D eigenvalue weighted by molar-refractivity contribution is 7.92. The van der Waals surface area contributed by atoms with Gasteiger partial charge in [-0.2, -0.15) is 0 Å². The van der Waals surface area contributed by atoms with E-state index in [4.69, 9.17) is 34.8 Å². The van der Waals surface area contributed by atoms with Crippen molar-refractivity contribution >= 4 is 62.3 Å². The summed E-state index contributed by atoms with van der Waals surface area (Å²) in [7, 11) is -3.63. The lowest BCUT2D eigenvalue weighted by atomic mass is 10.1. The van der Waals surface area contributed by atoms with Crippen LogP contribution < -0.4 is 9.62 Å². The van der Waals surface area contributed by atoms with Crippen LogP contribution in [-0.2, 0) is 26.2 Å². The quantitative estimate of drug-likeness (QED) is 0.343. The topological polar surface area (TPSA) is 86.8 Å². The van der Waals surface area contributed by atoms with E-state index < -0.39 is 16.1 Å². The van der Waals surface area contributed by atoms with E-state index in [2.05, 4.69) is 5.32 Å². The highest BCUT2D eigenvalue weighted by atomic mass is 35.5. The van der Waals surface area contributed by atoms with Crippen LogP contribution in [0.2, 0.25) is 15.1 Å². The van der Waals surface area contributed by atoms with Crippen LogP contribution in [0.5, 0.6) is 0 Å². The van der Waals surface area contributed by atoms with E-state index in [0.29, 0.717) is 26.3 Å². The molecule has 1 aliphatic carbocycles. The van der Waals surface area contributed by atoms with Crippen LogP contribution in [0.1, 0.15) is 56.6 Å². The zero-order valence-corrected chi connectivity index (χ0v) is 24.9. The molecule has 3 rings (SSSR count). The molecule has 0 heterocycles. The molecule has 1 atom stereocenters. The number of carbonyl (C=O) groups is 2. The maximum absolute atomic E-state index is 13.5. The number of benzene rings is 2. The molecule has 0 unspecified atom stereocenters. The monoisotopic (exact) mass is 601 g/mol. The van der Waals surface area contributed by atoms with Gasteiger partial charge in [-0.15, -0.1) is 0 Å². The third-order valence-corrected chi connectivity index (χ3v) is 8.97. The van der Waals surface area contributed by atoms with Gasteiger partial charge >= 0.3 is 0 Å². The third kappa shape index (κ3) is 8.01. The van der Waals surface area contributed by atoms with Crippen molar-refractivity contribution in [3.63, 3.8) is 0 Å². The van der Waals surface area contributed by atoms with E-state index in [0.717, 1.165) is 37.5 Å². The summed E-state index contributed by atoms with van der Waals surface area (Å²) in [6, 6.07) is 9.47. The first kappa shape index (κ1) is 30.5.